The number of benzene rings is 1. The number of carbonyl (C=O) groups excluding carboxylic acids is 1. The van der Waals surface area contributed by atoms with Gasteiger partial charge in [-0.15, -0.1) is 0 Å². The van der Waals surface area contributed by atoms with Gasteiger partial charge < -0.3 is 5.32 Å². The van der Waals surface area contributed by atoms with Crippen molar-refractivity contribution in [3.8, 4) is 0 Å². The third-order valence-electron chi connectivity index (χ3n) is 2.50. The second-order valence-electron chi connectivity index (χ2n) is 4.35. The molecule has 0 heterocycles. The fourth-order valence-corrected chi connectivity index (χ4v) is 2.14. The van der Waals surface area contributed by atoms with Crippen molar-refractivity contribution in [1.82, 2.24) is 5.32 Å². The molecule has 0 bridgehead atoms. The van der Waals surface area contributed by atoms with Crippen LogP contribution in [-0.2, 0) is 10.0 Å². The molecule has 0 aliphatic carbocycles. The van der Waals surface area contributed by atoms with Crippen molar-refractivity contribution in [1.29, 1.82) is 0 Å². The lowest BCUT2D eigenvalue weighted by molar-refractivity contribution is 0.0939. The quantitative estimate of drug-likeness (QED) is 0.876. The van der Waals surface area contributed by atoms with Crippen molar-refractivity contribution in [2.24, 2.45) is 0 Å². The number of rotatable bonds is 5. The minimum Gasteiger partial charge on any atom is -0.350 e. The number of halogens is 1. The predicted molar refractivity (Wildman–Crippen MR) is 77.1 cm³/mol. The zero-order valence-electron chi connectivity index (χ0n) is 11.0. The molecule has 1 unspecified atom stereocenters. The van der Waals surface area contributed by atoms with Crippen molar-refractivity contribution in [2.45, 2.75) is 26.3 Å². The summed E-state index contributed by atoms with van der Waals surface area (Å²) in [7, 11) is -3.38. The average Bonchev–Trinajstić information content (AvgIpc) is 2.29. The average molecular weight is 305 g/mol. The van der Waals surface area contributed by atoms with Gasteiger partial charge in [-0.3, -0.25) is 9.52 Å². The van der Waals surface area contributed by atoms with Gasteiger partial charge in [0.05, 0.1) is 16.8 Å². The van der Waals surface area contributed by atoms with Crippen molar-refractivity contribution in [2.75, 3.05) is 11.0 Å². The van der Waals surface area contributed by atoms with Crippen LogP contribution in [0, 0.1) is 0 Å². The first-order valence-corrected chi connectivity index (χ1v) is 8.08. The molecule has 1 amide bonds. The third kappa shape index (κ3) is 5.08. The molecular weight excluding hydrogens is 288 g/mol. The lowest BCUT2D eigenvalue weighted by Gasteiger charge is -2.13. The highest BCUT2D eigenvalue weighted by atomic mass is 35.5. The molecule has 0 saturated heterocycles. The van der Waals surface area contributed by atoms with E-state index < -0.39 is 10.0 Å². The Morgan fingerprint density at radius 1 is 1.42 bits per heavy atom. The maximum absolute atomic E-state index is 12.0. The Hall–Kier alpha value is -1.27. The summed E-state index contributed by atoms with van der Waals surface area (Å²) in [4.78, 5) is 12.0. The number of carbonyl (C=O) groups is 1. The molecule has 19 heavy (non-hydrogen) atoms. The van der Waals surface area contributed by atoms with Crippen molar-refractivity contribution in [3.05, 3.63) is 28.8 Å². The Kier molecular flexibility index (Phi) is 5.20. The normalized spacial score (nSPS) is 12.8. The smallest absolute Gasteiger partial charge is 0.253 e. The Balaban J connectivity index is 3.00. The molecule has 5 nitrogen and oxygen atoms in total. The van der Waals surface area contributed by atoms with Gasteiger partial charge in [0.1, 0.15) is 0 Å². The van der Waals surface area contributed by atoms with Crippen molar-refractivity contribution >= 4 is 33.2 Å². The van der Waals surface area contributed by atoms with E-state index in [9.17, 15) is 13.2 Å². The van der Waals surface area contributed by atoms with E-state index in [1.807, 2.05) is 13.8 Å². The monoisotopic (exact) mass is 304 g/mol. The molecule has 0 saturated carbocycles. The number of sulfonamides is 1. The second kappa shape index (κ2) is 6.25. The van der Waals surface area contributed by atoms with E-state index in [0.717, 1.165) is 12.7 Å². The van der Waals surface area contributed by atoms with Crippen LogP contribution in [0.15, 0.2) is 18.2 Å². The molecule has 0 spiro atoms. The van der Waals surface area contributed by atoms with E-state index in [1.54, 1.807) is 0 Å². The van der Waals surface area contributed by atoms with E-state index in [2.05, 4.69) is 10.0 Å². The van der Waals surface area contributed by atoms with Gasteiger partial charge in [-0.05, 0) is 31.5 Å². The highest BCUT2D eigenvalue weighted by molar-refractivity contribution is 7.92. The summed E-state index contributed by atoms with van der Waals surface area (Å²) in [6.07, 6.45) is 1.84. The van der Waals surface area contributed by atoms with Crippen LogP contribution in [0.1, 0.15) is 30.6 Å². The van der Waals surface area contributed by atoms with Gasteiger partial charge in [0.25, 0.3) is 5.91 Å². The first-order chi connectivity index (χ1) is 8.73. The summed E-state index contributed by atoms with van der Waals surface area (Å²) >= 11 is 5.95. The largest absolute Gasteiger partial charge is 0.350 e. The van der Waals surface area contributed by atoms with Crippen molar-refractivity contribution in [3.63, 3.8) is 0 Å². The lowest BCUT2D eigenvalue weighted by atomic mass is 10.1. The topological polar surface area (TPSA) is 75.3 Å². The standard InChI is InChI=1S/C12H17ClN2O3S/c1-4-8(2)14-12(16)10-7-9(5-6-11(10)13)15-19(3,17)18/h5-8,15H,4H2,1-3H3,(H,14,16). The van der Waals surface area contributed by atoms with E-state index in [4.69, 9.17) is 11.6 Å². The fraction of sp³-hybridized carbons (Fsp3) is 0.417. The molecule has 0 radical (unpaired) electrons. The summed E-state index contributed by atoms with van der Waals surface area (Å²) in [5.74, 6) is -0.323. The van der Waals surface area contributed by atoms with Crippen LogP contribution < -0.4 is 10.0 Å². The van der Waals surface area contributed by atoms with Crippen LogP contribution in [-0.4, -0.2) is 26.6 Å². The van der Waals surface area contributed by atoms with E-state index in [0.29, 0.717) is 5.69 Å². The number of hydrogen-bond acceptors (Lipinski definition) is 3. The van der Waals surface area contributed by atoms with Gasteiger partial charge in [-0.25, -0.2) is 8.42 Å². The minimum absolute atomic E-state index is 0.0232. The van der Waals surface area contributed by atoms with Gasteiger partial charge in [0.2, 0.25) is 10.0 Å². The number of hydrogen-bond donors (Lipinski definition) is 2. The van der Waals surface area contributed by atoms with Gasteiger partial charge in [0, 0.05) is 11.7 Å². The zero-order chi connectivity index (χ0) is 14.6. The summed E-state index contributed by atoms with van der Waals surface area (Å²) in [5.41, 5.74) is 0.553. The van der Waals surface area contributed by atoms with Gasteiger partial charge >= 0.3 is 0 Å². The maximum Gasteiger partial charge on any atom is 0.253 e. The van der Waals surface area contributed by atoms with Crippen molar-refractivity contribution < 1.29 is 13.2 Å². The molecule has 1 aromatic carbocycles. The Labute approximate surface area is 118 Å². The molecule has 0 aliphatic heterocycles. The maximum atomic E-state index is 12.0. The minimum atomic E-state index is -3.38. The molecular formula is C12H17ClN2O3S. The molecule has 1 aromatic rings. The summed E-state index contributed by atoms with van der Waals surface area (Å²) < 4.78 is 24.6. The molecule has 1 rings (SSSR count). The highest BCUT2D eigenvalue weighted by Crippen LogP contribution is 2.21. The molecule has 0 aromatic heterocycles. The Morgan fingerprint density at radius 2 is 2.05 bits per heavy atom. The summed E-state index contributed by atoms with van der Waals surface area (Å²) in [6, 6.07) is 4.43. The van der Waals surface area contributed by atoms with Crippen LogP contribution in [0.2, 0.25) is 5.02 Å². The van der Waals surface area contributed by atoms with E-state index in [-0.39, 0.29) is 22.5 Å². The zero-order valence-corrected chi connectivity index (χ0v) is 12.6. The van der Waals surface area contributed by atoms with Crippen LogP contribution in [0.3, 0.4) is 0 Å². The predicted octanol–water partition coefficient (Wildman–Crippen LogP) is 2.24. The molecule has 2 N–H and O–H groups in total. The van der Waals surface area contributed by atoms with E-state index >= 15 is 0 Å². The van der Waals surface area contributed by atoms with Gasteiger partial charge in [0.15, 0.2) is 0 Å². The first kappa shape index (κ1) is 15.8. The Morgan fingerprint density at radius 3 is 2.58 bits per heavy atom. The molecule has 0 aliphatic rings. The molecule has 7 heteroatoms. The molecule has 106 valence electrons. The second-order valence-corrected chi connectivity index (χ2v) is 6.51. The number of amides is 1. The lowest BCUT2D eigenvalue weighted by Crippen LogP contribution is -2.32. The first-order valence-electron chi connectivity index (χ1n) is 5.81. The summed E-state index contributed by atoms with van der Waals surface area (Å²) in [6.45, 7) is 3.83. The fourth-order valence-electron chi connectivity index (χ4n) is 1.38. The van der Waals surface area contributed by atoms with Crippen LogP contribution in [0.5, 0.6) is 0 Å². The van der Waals surface area contributed by atoms with E-state index in [1.165, 1.54) is 18.2 Å². The summed E-state index contributed by atoms with van der Waals surface area (Å²) in [5, 5.41) is 3.05. The number of anilines is 1. The van der Waals surface area contributed by atoms with Crippen LogP contribution in [0.25, 0.3) is 0 Å². The SMILES string of the molecule is CCC(C)NC(=O)c1cc(NS(C)(=O)=O)ccc1Cl. The van der Waals surface area contributed by atoms with Crippen LogP contribution in [0.4, 0.5) is 5.69 Å². The highest BCUT2D eigenvalue weighted by Gasteiger charge is 2.14. The molecule has 0 fully saturated rings. The van der Waals surface area contributed by atoms with Gasteiger partial charge in [-0.1, -0.05) is 18.5 Å². The van der Waals surface area contributed by atoms with Crippen LogP contribution >= 0.6 is 11.6 Å². The number of nitrogens with one attached hydrogen (secondary N) is 2. The Bertz CT molecular complexity index is 572. The van der Waals surface area contributed by atoms with Gasteiger partial charge in [-0.2, -0.15) is 0 Å². The molecule has 1 atom stereocenters. The third-order valence-corrected chi connectivity index (χ3v) is 3.44.